The molecule has 172 valence electrons. The third-order valence-electron chi connectivity index (χ3n) is 5.00. The lowest BCUT2D eigenvalue weighted by Crippen LogP contribution is -2.68. The van der Waals surface area contributed by atoms with Gasteiger partial charge >= 0.3 is 23.9 Å². The lowest BCUT2D eigenvalue weighted by molar-refractivity contribution is -0.297. The van der Waals surface area contributed by atoms with Crippen molar-refractivity contribution in [3.8, 4) is 0 Å². The van der Waals surface area contributed by atoms with E-state index in [-0.39, 0.29) is 13.2 Å². The maximum Gasteiger partial charge on any atom is 0.305 e. The minimum Gasteiger partial charge on any atom is -0.463 e. The van der Waals surface area contributed by atoms with E-state index in [1.807, 2.05) is 12.1 Å². The van der Waals surface area contributed by atoms with E-state index < -0.39 is 47.9 Å². The first-order chi connectivity index (χ1) is 15.1. The van der Waals surface area contributed by atoms with Gasteiger partial charge in [0.25, 0.3) is 5.72 Å². The molecule has 0 bridgehead atoms. The summed E-state index contributed by atoms with van der Waals surface area (Å²) in [6.07, 6.45) is -1.83. The van der Waals surface area contributed by atoms with Gasteiger partial charge in [0.05, 0.1) is 12.1 Å². The molecule has 0 saturated carbocycles. The van der Waals surface area contributed by atoms with Crippen LogP contribution in [-0.2, 0) is 48.6 Å². The Bertz CT molecular complexity index is 1030. The van der Waals surface area contributed by atoms with Crippen LogP contribution in [0.15, 0.2) is 36.5 Å². The number of aromatic nitrogens is 1. The fourth-order valence-electron chi connectivity index (χ4n) is 3.94. The van der Waals surface area contributed by atoms with E-state index in [1.165, 1.54) is 27.7 Å². The molecule has 10 nitrogen and oxygen atoms in total. The zero-order chi connectivity index (χ0) is 23.5. The SMILES string of the molecule is CC(=O)OC[C@@H]1OC[C@@H](OC(C)=O)[C@@](OC(C)=O)(n2ccc3ccccc32)[C@H]1OC(C)=O. The summed E-state index contributed by atoms with van der Waals surface area (Å²) in [5.74, 6) is -2.61. The number of rotatable bonds is 6. The highest BCUT2D eigenvalue weighted by atomic mass is 16.7. The minimum absolute atomic E-state index is 0.205. The third kappa shape index (κ3) is 4.59. The molecule has 1 aromatic carbocycles. The summed E-state index contributed by atoms with van der Waals surface area (Å²) >= 11 is 0. The minimum atomic E-state index is -1.82. The number of carbonyl (C=O) groups excluding carboxylic acids is 4. The van der Waals surface area contributed by atoms with Gasteiger partial charge in [-0.25, -0.2) is 0 Å². The van der Waals surface area contributed by atoms with Crippen molar-refractivity contribution in [2.45, 2.75) is 51.7 Å². The molecule has 3 rings (SSSR count). The number of nitrogens with zero attached hydrogens (tertiary/aromatic N) is 1. The highest BCUT2D eigenvalue weighted by Gasteiger charge is 2.61. The van der Waals surface area contributed by atoms with E-state index in [0.717, 1.165) is 5.39 Å². The summed E-state index contributed by atoms with van der Waals surface area (Å²) in [5.41, 5.74) is -1.19. The topological polar surface area (TPSA) is 119 Å². The molecule has 1 fully saturated rings. The molecular formula is C22H25NO9. The third-order valence-corrected chi connectivity index (χ3v) is 5.00. The molecule has 0 spiro atoms. The van der Waals surface area contributed by atoms with Crippen molar-refractivity contribution in [2.75, 3.05) is 13.2 Å². The molecule has 1 aliphatic rings. The Kier molecular flexibility index (Phi) is 6.83. The average Bonchev–Trinajstić information content (AvgIpc) is 3.13. The molecule has 1 aromatic heterocycles. The summed E-state index contributed by atoms with van der Waals surface area (Å²) in [7, 11) is 0. The van der Waals surface area contributed by atoms with Crippen LogP contribution in [0.5, 0.6) is 0 Å². The van der Waals surface area contributed by atoms with Crippen molar-refractivity contribution in [3.63, 3.8) is 0 Å². The van der Waals surface area contributed by atoms with Gasteiger partial charge in [0.1, 0.15) is 12.7 Å². The second-order valence-corrected chi connectivity index (χ2v) is 7.39. The van der Waals surface area contributed by atoms with Gasteiger partial charge < -0.3 is 28.3 Å². The van der Waals surface area contributed by atoms with E-state index in [0.29, 0.717) is 5.52 Å². The number of para-hydroxylation sites is 1. The molecule has 2 aromatic rings. The molecule has 10 heteroatoms. The van der Waals surface area contributed by atoms with Gasteiger partial charge in [0, 0.05) is 33.9 Å². The highest BCUT2D eigenvalue weighted by molar-refractivity contribution is 5.80. The van der Waals surface area contributed by atoms with Gasteiger partial charge in [0.2, 0.25) is 0 Å². The van der Waals surface area contributed by atoms with Crippen molar-refractivity contribution in [3.05, 3.63) is 36.5 Å². The summed E-state index contributed by atoms with van der Waals surface area (Å²) in [4.78, 5) is 47.8. The quantitative estimate of drug-likeness (QED) is 0.481. The summed E-state index contributed by atoms with van der Waals surface area (Å²) in [5, 5.41) is 0.810. The number of esters is 4. The van der Waals surface area contributed by atoms with Crippen LogP contribution in [0.1, 0.15) is 27.7 Å². The Labute approximate surface area is 184 Å². The zero-order valence-corrected chi connectivity index (χ0v) is 18.2. The van der Waals surface area contributed by atoms with Crippen LogP contribution in [0.25, 0.3) is 10.9 Å². The largest absolute Gasteiger partial charge is 0.463 e. The van der Waals surface area contributed by atoms with Crippen molar-refractivity contribution >= 4 is 34.8 Å². The Morgan fingerprint density at radius 2 is 1.66 bits per heavy atom. The van der Waals surface area contributed by atoms with Gasteiger partial charge in [0.15, 0.2) is 12.2 Å². The number of fused-ring (bicyclic) bond motifs is 1. The molecular weight excluding hydrogens is 422 g/mol. The maximum absolute atomic E-state index is 12.3. The van der Waals surface area contributed by atoms with E-state index in [4.69, 9.17) is 23.7 Å². The molecule has 4 atom stereocenters. The van der Waals surface area contributed by atoms with Crippen molar-refractivity contribution in [2.24, 2.45) is 0 Å². The van der Waals surface area contributed by atoms with Gasteiger partial charge in [-0.05, 0) is 17.5 Å². The smallest absolute Gasteiger partial charge is 0.305 e. The predicted molar refractivity (Wildman–Crippen MR) is 109 cm³/mol. The van der Waals surface area contributed by atoms with Crippen molar-refractivity contribution in [1.82, 2.24) is 4.57 Å². The van der Waals surface area contributed by atoms with Crippen LogP contribution in [0.4, 0.5) is 0 Å². The average molecular weight is 447 g/mol. The zero-order valence-electron chi connectivity index (χ0n) is 18.2. The number of ether oxygens (including phenoxy) is 5. The number of benzene rings is 1. The van der Waals surface area contributed by atoms with Crippen LogP contribution < -0.4 is 0 Å². The molecule has 0 aliphatic carbocycles. The van der Waals surface area contributed by atoms with E-state index in [9.17, 15) is 19.2 Å². The Morgan fingerprint density at radius 3 is 2.28 bits per heavy atom. The van der Waals surface area contributed by atoms with Gasteiger partial charge in [-0.3, -0.25) is 19.2 Å². The van der Waals surface area contributed by atoms with Gasteiger partial charge in [-0.2, -0.15) is 0 Å². The lowest BCUT2D eigenvalue weighted by Gasteiger charge is -2.49. The highest BCUT2D eigenvalue weighted by Crippen LogP contribution is 2.41. The van der Waals surface area contributed by atoms with Crippen LogP contribution in [0, 0.1) is 0 Å². The van der Waals surface area contributed by atoms with Crippen LogP contribution in [0.2, 0.25) is 0 Å². The second-order valence-electron chi connectivity index (χ2n) is 7.39. The van der Waals surface area contributed by atoms with E-state index in [1.54, 1.807) is 29.0 Å². The van der Waals surface area contributed by atoms with Crippen molar-refractivity contribution in [1.29, 1.82) is 0 Å². The van der Waals surface area contributed by atoms with Crippen LogP contribution in [0.3, 0.4) is 0 Å². The fraction of sp³-hybridized carbons (Fsp3) is 0.455. The second kappa shape index (κ2) is 9.39. The molecule has 0 radical (unpaired) electrons. The Morgan fingerprint density at radius 1 is 0.969 bits per heavy atom. The number of hydrogen-bond donors (Lipinski definition) is 0. The lowest BCUT2D eigenvalue weighted by atomic mass is 9.91. The summed E-state index contributed by atoms with van der Waals surface area (Å²) < 4.78 is 29.4. The monoisotopic (exact) mass is 447 g/mol. The van der Waals surface area contributed by atoms with E-state index in [2.05, 4.69) is 0 Å². The molecule has 0 unspecified atom stereocenters. The van der Waals surface area contributed by atoms with E-state index >= 15 is 0 Å². The summed E-state index contributed by atoms with van der Waals surface area (Å²) in [6.45, 7) is 4.33. The standard InChI is InChI=1S/C22H25NO9/c1-13(24)28-11-19-21(31-15(3)26)22(32-16(4)27,20(12-29-19)30-14(2)25)23-10-9-17-7-5-6-8-18(17)23/h5-10,19-21H,11-12H2,1-4H3/t19-,20+,21-,22-/m0/s1. The first-order valence-corrected chi connectivity index (χ1v) is 10.0. The predicted octanol–water partition coefficient (Wildman–Crippen LogP) is 1.68. The van der Waals surface area contributed by atoms with Gasteiger partial charge in [-0.15, -0.1) is 0 Å². The first-order valence-electron chi connectivity index (χ1n) is 10.0. The molecule has 0 N–H and O–H groups in total. The number of carbonyl (C=O) groups is 4. The van der Waals surface area contributed by atoms with Crippen LogP contribution >= 0.6 is 0 Å². The maximum atomic E-state index is 12.3. The molecule has 1 saturated heterocycles. The fourth-order valence-corrected chi connectivity index (χ4v) is 3.94. The van der Waals surface area contributed by atoms with Crippen LogP contribution in [-0.4, -0.2) is 60.0 Å². The van der Waals surface area contributed by atoms with Crippen molar-refractivity contribution < 1.29 is 42.9 Å². The molecule has 0 amide bonds. The first kappa shape index (κ1) is 23.3. The molecule has 1 aliphatic heterocycles. The molecule has 2 heterocycles. The van der Waals surface area contributed by atoms with Gasteiger partial charge in [-0.1, -0.05) is 18.2 Å². The Balaban J connectivity index is 2.26. The summed E-state index contributed by atoms with van der Waals surface area (Å²) in [6, 6.07) is 9.05. The Hall–Kier alpha value is -3.40. The number of hydrogen-bond acceptors (Lipinski definition) is 9. The normalized spacial score (nSPS) is 25.1. The molecule has 32 heavy (non-hydrogen) atoms.